The molecule has 8 nitrogen and oxygen atoms in total. The van der Waals surface area contributed by atoms with Gasteiger partial charge in [-0.15, -0.1) is 11.3 Å². The molecule has 1 aromatic heterocycles. The van der Waals surface area contributed by atoms with Crippen molar-refractivity contribution >= 4 is 33.2 Å². The maximum Gasteiger partial charge on any atom is 0.410 e. The largest absolute Gasteiger partial charge is 0.497 e. The highest BCUT2D eigenvalue weighted by Gasteiger charge is 2.50. The van der Waals surface area contributed by atoms with Crippen LogP contribution in [0.2, 0.25) is 0 Å². The van der Waals surface area contributed by atoms with Crippen LogP contribution in [0.1, 0.15) is 59.3 Å². The Bertz CT molecular complexity index is 1220. The first-order valence-electron chi connectivity index (χ1n) is 12.2. The smallest absolute Gasteiger partial charge is 0.410 e. The molecule has 204 valence electrons. The van der Waals surface area contributed by atoms with E-state index in [1.807, 2.05) is 30.3 Å². The van der Waals surface area contributed by atoms with E-state index < -0.39 is 37.8 Å². The van der Waals surface area contributed by atoms with Gasteiger partial charge in [-0.1, -0.05) is 0 Å². The second-order valence-corrected chi connectivity index (χ2v) is 14.7. The zero-order valence-electron chi connectivity index (χ0n) is 22.6. The predicted octanol–water partition coefficient (Wildman–Crippen LogP) is 5.41. The Hall–Kier alpha value is -2.59. The summed E-state index contributed by atoms with van der Waals surface area (Å²) >= 11 is 1.33. The first-order valence-corrected chi connectivity index (χ1v) is 14.7. The van der Waals surface area contributed by atoms with Gasteiger partial charge in [-0.3, -0.25) is 4.79 Å². The van der Waals surface area contributed by atoms with E-state index in [0.29, 0.717) is 4.88 Å². The number of ether oxygens (including phenoxy) is 3. The molecule has 0 spiro atoms. The summed E-state index contributed by atoms with van der Waals surface area (Å²) < 4.78 is 42.6. The molecule has 1 saturated heterocycles. The predicted molar refractivity (Wildman–Crippen MR) is 145 cm³/mol. The highest BCUT2D eigenvalue weighted by atomic mass is 32.2. The van der Waals surface area contributed by atoms with Gasteiger partial charge < -0.3 is 19.1 Å². The highest BCUT2D eigenvalue weighted by Crippen LogP contribution is 2.45. The monoisotopic (exact) mass is 551 g/mol. The second-order valence-electron chi connectivity index (χ2n) is 11.2. The van der Waals surface area contributed by atoms with E-state index in [2.05, 4.69) is 0 Å². The highest BCUT2D eigenvalue weighted by molar-refractivity contribution is 7.92. The molecular weight excluding hydrogens is 514 g/mol. The van der Waals surface area contributed by atoms with Crippen molar-refractivity contribution in [1.29, 1.82) is 0 Å². The van der Waals surface area contributed by atoms with E-state index in [1.54, 1.807) is 54.7 Å². The van der Waals surface area contributed by atoms with E-state index in [4.69, 9.17) is 14.2 Å². The molecule has 1 fully saturated rings. The lowest BCUT2D eigenvalue weighted by Crippen LogP contribution is -2.40. The summed E-state index contributed by atoms with van der Waals surface area (Å²) in [6, 6.07) is 11.1. The summed E-state index contributed by atoms with van der Waals surface area (Å²) in [6.07, 6.45) is -0.853. The molecule has 1 amide bonds. The summed E-state index contributed by atoms with van der Waals surface area (Å²) in [4.78, 5) is 28.7. The number of hydrogen-bond donors (Lipinski definition) is 0. The Morgan fingerprint density at radius 1 is 0.946 bits per heavy atom. The maximum atomic E-state index is 13.9. The van der Waals surface area contributed by atoms with Crippen LogP contribution in [0.3, 0.4) is 0 Å². The number of amides is 1. The topological polar surface area (TPSA) is 99.2 Å². The number of thiophene rings is 1. The summed E-state index contributed by atoms with van der Waals surface area (Å²) in [5.74, 6) is -0.165. The fourth-order valence-corrected chi connectivity index (χ4v) is 7.78. The van der Waals surface area contributed by atoms with E-state index >= 15 is 0 Å². The van der Waals surface area contributed by atoms with Crippen LogP contribution in [0, 0.1) is 0 Å². The summed E-state index contributed by atoms with van der Waals surface area (Å²) in [7, 11) is -2.28. The Kier molecular flexibility index (Phi) is 8.34. The van der Waals surface area contributed by atoms with E-state index in [1.165, 1.54) is 16.2 Å². The Balaban J connectivity index is 2.03. The van der Waals surface area contributed by atoms with Crippen LogP contribution in [-0.4, -0.2) is 62.5 Å². The number of benzene rings is 1. The molecule has 0 saturated carbocycles. The van der Waals surface area contributed by atoms with Gasteiger partial charge in [-0.05, 0) is 89.9 Å². The minimum Gasteiger partial charge on any atom is -0.497 e. The van der Waals surface area contributed by atoms with E-state index in [-0.39, 0.29) is 31.7 Å². The number of carbonyl (C=O) groups is 2. The van der Waals surface area contributed by atoms with E-state index in [0.717, 1.165) is 16.2 Å². The zero-order valence-corrected chi connectivity index (χ0v) is 24.3. The van der Waals surface area contributed by atoms with Crippen LogP contribution in [-0.2, 0) is 28.9 Å². The van der Waals surface area contributed by atoms with Crippen molar-refractivity contribution in [3.63, 3.8) is 0 Å². The molecule has 2 aromatic rings. The molecule has 10 heteroatoms. The normalized spacial score (nSPS) is 20.1. The van der Waals surface area contributed by atoms with Crippen LogP contribution in [0.5, 0.6) is 5.75 Å². The Morgan fingerprint density at radius 2 is 1.57 bits per heavy atom. The van der Waals surface area contributed by atoms with Crippen LogP contribution < -0.4 is 4.74 Å². The standard InChI is InChI=1S/C27H37NO7S2/c1-25(2,3)34-23(29)18-27(22-13-12-21(36-22)19-8-10-20(33-7)11-9-19)14-15-28(16-17-37(27,31)32)24(30)35-26(4,5)6/h8-13H,14-18H2,1-7H3. The molecule has 0 bridgehead atoms. The minimum absolute atomic E-state index is 0.00989. The van der Waals surface area contributed by atoms with Crippen LogP contribution in [0.4, 0.5) is 4.79 Å². The second kappa shape index (κ2) is 10.6. The molecule has 2 heterocycles. The Morgan fingerprint density at radius 3 is 2.14 bits per heavy atom. The van der Waals surface area contributed by atoms with Crippen molar-refractivity contribution in [2.75, 3.05) is 26.0 Å². The van der Waals surface area contributed by atoms with Crippen LogP contribution in [0.15, 0.2) is 36.4 Å². The van der Waals surface area contributed by atoms with Gasteiger partial charge >= 0.3 is 12.1 Å². The van der Waals surface area contributed by atoms with Gasteiger partial charge in [0.2, 0.25) is 0 Å². The average molecular weight is 552 g/mol. The quantitative estimate of drug-likeness (QED) is 0.459. The van der Waals surface area contributed by atoms with Gasteiger partial charge in [-0.25, -0.2) is 13.2 Å². The molecule has 0 N–H and O–H groups in total. The van der Waals surface area contributed by atoms with Crippen molar-refractivity contribution in [1.82, 2.24) is 4.90 Å². The number of esters is 1. The summed E-state index contributed by atoms with van der Waals surface area (Å²) in [6.45, 7) is 10.6. The molecule has 1 aliphatic heterocycles. The van der Waals surface area contributed by atoms with Gasteiger partial charge in [0.25, 0.3) is 0 Å². The minimum atomic E-state index is -3.87. The molecule has 0 aliphatic carbocycles. The molecule has 1 atom stereocenters. The molecule has 1 aliphatic rings. The molecule has 1 aromatic carbocycles. The van der Waals surface area contributed by atoms with Crippen molar-refractivity contribution in [3.05, 3.63) is 41.3 Å². The molecule has 37 heavy (non-hydrogen) atoms. The first kappa shape index (κ1) is 29.0. The van der Waals surface area contributed by atoms with Gasteiger partial charge in [0.15, 0.2) is 9.84 Å². The molecule has 3 rings (SSSR count). The SMILES string of the molecule is COc1ccc(-c2ccc(C3(CC(=O)OC(C)(C)C)CCN(C(=O)OC(C)(C)C)CCS3(=O)=O)s2)cc1. The lowest BCUT2D eigenvalue weighted by molar-refractivity contribution is -0.155. The molecule has 1 unspecified atom stereocenters. The third-order valence-corrected chi connectivity index (χ3v) is 9.89. The number of hydrogen-bond acceptors (Lipinski definition) is 8. The fourth-order valence-electron chi connectivity index (χ4n) is 4.18. The average Bonchev–Trinajstić information content (AvgIpc) is 3.21. The maximum absolute atomic E-state index is 13.9. The van der Waals surface area contributed by atoms with Gasteiger partial charge in [0.05, 0.1) is 19.3 Å². The molecular formula is C27H37NO7S2. The van der Waals surface area contributed by atoms with Crippen LogP contribution in [0.25, 0.3) is 10.4 Å². The summed E-state index contributed by atoms with van der Waals surface area (Å²) in [5.41, 5.74) is -0.568. The third-order valence-electron chi connectivity index (χ3n) is 5.94. The fraction of sp³-hybridized carbons (Fsp3) is 0.556. The van der Waals surface area contributed by atoms with E-state index in [9.17, 15) is 18.0 Å². The lowest BCUT2D eigenvalue weighted by Gasteiger charge is -2.32. The lowest BCUT2D eigenvalue weighted by atomic mass is 9.97. The van der Waals surface area contributed by atoms with Crippen molar-refractivity contribution < 1.29 is 32.2 Å². The van der Waals surface area contributed by atoms with Gasteiger partial charge in [0.1, 0.15) is 21.7 Å². The number of rotatable bonds is 5. The molecule has 0 radical (unpaired) electrons. The number of methoxy groups -OCH3 is 1. The zero-order chi connectivity index (χ0) is 27.6. The number of nitrogens with zero attached hydrogens (tertiary/aromatic N) is 1. The Labute approximate surface area is 223 Å². The summed E-state index contributed by atoms with van der Waals surface area (Å²) in [5, 5.41) is 0. The van der Waals surface area contributed by atoms with Gasteiger partial charge in [-0.2, -0.15) is 0 Å². The van der Waals surface area contributed by atoms with Crippen molar-refractivity contribution in [2.45, 2.75) is 70.3 Å². The number of sulfone groups is 1. The first-order chi connectivity index (χ1) is 17.1. The van der Waals surface area contributed by atoms with Gasteiger partial charge in [0, 0.05) is 22.8 Å². The van der Waals surface area contributed by atoms with Crippen molar-refractivity contribution in [2.24, 2.45) is 0 Å². The van der Waals surface area contributed by atoms with Crippen molar-refractivity contribution in [3.8, 4) is 16.2 Å². The third kappa shape index (κ3) is 7.04. The number of carbonyl (C=O) groups excluding carboxylic acids is 2. The van der Waals surface area contributed by atoms with Crippen LogP contribution >= 0.6 is 11.3 Å².